The molecule has 0 amide bonds. The van der Waals surface area contributed by atoms with Gasteiger partial charge in [-0.3, -0.25) is 0 Å². The van der Waals surface area contributed by atoms with E-state index in [1.54, 1.807) is 16.4 Å². The lowest BCUT2D eigenvalue weighted by atomic mass is 10.1. The van der Waals surface area contributed by atoms with Gasteiger partial charge in [-0.1, -0.05) is 54.2 Å². The van der Waals surface area contributed by atoms with Crippen LogP contribution < -0.4 is 0 Å². The lowest BCUT2D eigenvalue weighted by Gasteiger charge is -2.05. The third-order valence-corrected chi connectivity index (χ3v) is 4.38. The quantitative estimate of drug-likeness (QED) is 0.514. The summed E-state index contributed by atoms with van der Waals surface area (Å²) in [6, 6.07) is 18.8. The summed E-state index contributed by atoms with van der Waals surface area (Å²) in [5.74, 6) is 1.00. The highest BCUT2D eigenvalue weighted by molar-refractivity contribution is 7.99. The summed E-state index contributed by atoms with van der Waals surface area (Å²) in [5.41, 5.74) is 3.59. The van der Waals surface area contributed by atoms with E-state index < -0.39 is 0 Å². The maximum absolute atomic E-state index is 4.13. The summed E-state index contributed by atoms with van der Waals surface area (Å²) < 4.78 is 1.81. The highest BCUT2D eigenvalue weighted by Crippen LogP contribution is 2.20. The molecule has 0 saturated carbocycles. The predicted octanol–water partition coefficient (Wildman–Crippen LogP) is 3.70. The lowest BCUT2D eigenvalue weighted by Crippen LogP contribution is -2.00. The van der Waals surface area contributed by atoms with Gasteiger partial charge in [0, 0.05) is 5.75 Å². The summed E-state index contributed by atoms with van der Waals surface area (Å²) in [6.07, 6.45) is 2.19. The van der Waals surface area contributed by atoms with E-state index >= 15 is 0 Å². The largest absolute Gasteiger partial charge is 0.214 e. The number of aromatic nitrogens is 4. The molecule has 0 aliphatic carbocycles. The molecule has 0 unspecified atom stereocenters. The number of thioether (sulfide) groups is 1. The van der Waals surface area contributed by atoms with E-state index in [0.717, 1.165) is 29.4 Å². The topological polar surface area (TPSA) is 43.6 Å². The molecule has 4 nitrogen and oxygen atoms in total. The van der Waals surface area contributed by atoms with Crippen LogP contribution in [0.3, 0.4) is 0 Å². The van der Waals surface area contributed by atoms with Gasteiger partial charge >= 0.3 is 0 Å². The van der Waals surface area contributed by atoms with E-state index in [1.165, 1.54) is 11.1 Å². The molecule has 0 fully saturated rings. The van der Waals surface area contributed by atoms with Crippen molar-refractivity contribution in [3.63, 3.8) is 0 Å². The van der Waals surface area contributed by atoms with E-state index in [9.17, 15) is 0 Å². The highest BCUT2D eigenvalue weighted by atomic mass is 32.2. The van der Waals surface area contributed by atoms with Crippen molar-refractivity contribution in [1.29, 1.82) is 0 Å². The second-order valence-electron chi connectivity index (χ2n) is 5.15. The van der Waals surface area contributed by atoms with E-state index in [1.807, 2.05) is 18.2 Å². The number of tetrazole rings is 1. The van der Waals surface area contributed by atoms with Gasteiger partial charge in [0.25, 0.3) is 0 Å². The zero-order chi connectivity index (χ0) is 15.2. The molecule has 0 spiro atoms. The molecule has 3 aromatic rings. The number of rotatable bonds is 6. The molecule has 3 rings (SSSR count). The maximum Gasteiger partial charge on any atom is 0.214 e. The summed E-state index contributed by atoms with van der Waals surface area (Å²) >= 11 is 1.70. The Bertz CT molecular complexity index is 724. The van der Waals surface area contributed by atoms with Crippen LogP contribution in [0.1, 0.15) is 17.5 Å². The lowest BCUT2D eigenvalue weighted by molar-refractivity contribution is 0.755. The number of nitrogens with zero attached hydrogens (tertiary/aromatic N) is 4. The van der Waals surface area contributed by atoms with E-state index in [2.05, 4.69) is 58.8 Å². The normalized spacial score (nSPS) is 10.8. The van der Waals surface area contributed by atoms with E-state index in [0.29, 0.717) is 0 Å². The number of aryl methyl sites for hydroxylation is 2. The average Bonchev–Trinajstić information content (AvgIpc) is 3.01. The number of benzene rings is 2. The minimum atomic E-state index is 0.846. The number of hydrogen-bond acceptors (Lipinski definition) is 4. The highest BCUT2D eigenvalue weighted by Gasteiger charge is 2.08. The van der Waals surface area contributed by atoms with Crippen LogP contribution in [-0.2, 0) is 6.42 Å². The van der Waals surface area contributed by atoms with Crippen LogP contribution in [-0.4, -0.2) is 26.0 Å². The van der Waals surface area contributed by atoms with Crippen molar-refractivity contribution in [1.82, 2.24) is 20.2 Å². The van der Waals surface area contributed by atoms with Crippen molar-refractivity contribution >= 4 is 11.8 Å². The summed E-state index contributed by atoms with van der Waals surface area (Å²) in [6.45, 7) is 2.07. The zero-order valence-electron chi connectivity index (χ0n) is 12.5. The van der Waals surface area contributed by atoms with Gasteiger partial charge < -0.3 is 0 Å². The monoisotopic (exact) mass is 310 g/mol. The second-order valence-corrected chi connectivity index (χ2v) is 6.21. The van der Waals surface area contributed by atoms with Crippen LogP contribution >= 0.6 is 11.8 Å². The van der Waals surface area contributed by atoms with Gasteiger partial charge in [0.05, 0.1) is 5.69 Å². The molecule has 0 aliphatic rings. The molecule has 0 bridgehead atoms. The van der Waals surface area contributed by atoms with Gasteiger partial charge in [-0.25, -0.2) is 0 Å². The van der Waals surface area contributed by atoms with Crippen LogP contribution in [0.2, 0.25) is 0 Å². The van der Waals surface area contributed by atoms with Crippen LogP contribution in [0.15, 0.2) is 59.8 Å². The second kappa shape index (κ2) is 7.22. The third-order valence-electron chi connectivity index (χ3n) is 3.37. The molecule has 0 aliphatic heterocycles. The van der Waals surface area contributed by atoms with Gasteiger partial charge in [-0.2, -0.15) is 4.68 Å². The smallest absolute Gasteiger partial charge is 0.188 e. The first kappa shape index (κ1) is 14.8. The Morgan fingerprint density at radius 2 is 1.91 bits per heavy atom. The van der Waals surface area contributed by atoms with Gasteiger partial charge in [-0.15, -0.1) is 5.10 Å². The molecular formula is C17H18N4S. The van der Waals surface area contributed by atoms with Crippen molar-refractivity contribution in [2.45, 2.75) is 24.9 Å². The first-order valence-electron chi connectivity index (χ1n) is 7.35. The van der Waals surface area contributed by atoms with Crippen molar-refractivity contribution in [2.75, 3.05) is 5.75 Å². The number of hydrogen-bond donors (Lipinski definition) is 0. The standard InChI is InChI=1S/C17H18N4S/c1-14-7-5-11-16(13-14)21-17(18-19-20-21)22-12-6-10-15-8-3-2-4-9-15/h2-5,7-9,11,13H,6,10,12H2,1H3. The van der Waals surface area contributed by atoms with Gasteiger partial charge in [0.2, 0.25) is 5.16 Å². The fourth-order valence-corrected chi connectivity index (χ4v) is 3.10. The van der Waals surface area contributed by atoms with Crippen molar-refractivity contribution < 1.29 is 0 Å². The molecule has 112 valence electrons. The summed E-state index contributed by atoms with van der Waals surface area (Å²) in [5, 5.41) is 12.9. The predicted molar refractivity (Wildman–Crippen MR) is 89.4 cm³/mol. The fourth-order valence-electron chi connectivity index (χ4n) is 2.28. The average molecular weight is 310 g/mol. The van der Waals surface area contributed by atoms with Crippen molar-refractivity contribution in [3.8, 4) is 5.69 Å². The first-order chi connectivity index (χ1) is 10.8. The minimum absolute atomic E-state index is 0.846. The Labute approximate surface area is 134 Å². The first-order valence-corrected chi connectivity index (χ1v) is 8.33. The van der Waals surface area contributed by atoms with Crippen molar-refractivity contribution in [3.05, 3.63) is 65.7 Å². The fraction of sp³-hybridized carbons (Fsp3) is 0.235. The molecule has 5 heteroatoms. The Morgan fingerprint density at radius 3 is 2.73 bits per heavy atom. The van der Waals surface area contributed by atoms with E-state index in [4.69, 9.17) is 0 Å². The van der Waals surface area contributed by atoms with Crippen LogP contribution in [0.25, 0.3) is 5.69 Å². The molecule has 2 aromatic carbocycles. The SMILES string of the molecule is Cc1cccc(-n2nnnc2SCCCc2ccccc2)c1. The minimum Gasteiger partial charge on any atom is -0.188 e. The Kier molecular flexibility index (Phi) is 4.85. The molecule has 0 atom stereocenters. The Morgan fingerprint density at radius 1 is 1.05 bits per heavy atom. The molecule has 22 heavy (non-hydrogen) atoms. The van der Waals surface area contributed by atoms with Crippen LogP contribution in [0, 0.1) is 6.92 Å². The maximum atomic E-state index is 4.13. The van der Waals surface area contributed by atoms with Crippen LogP contribution in [0.4, 0.5) is 0 Å². The summed E-state index contributed by atoms with van der Waals surface area (Å²) in [7, 11) is 0. The van der Waals surface area contributed by atoms with Gasteiger partial charge in [0.1, 0.15) is 0 Å². The summed E-state index contributed by atoms with van der Waals surface area (Å²) in [4.78, 5) is 0. The van der Waals surface area contributed by atoms with Crippen molar-refractivity contribution in [2.24, 2.45) is 0 Å². The molecule has 1 aromatic heterocycles. The zero-order valence-corrected chi connectivity index (χ0v) is 13.3. The molecule has 0 radical (unpaired) electrons. The van der Waals surface area contributed by atoms with E-state index in [-0.39, 0.29) is 0 Å². The van der Waals surface area contributed by atoms with Crippen LogP contribution in [0.5, 0.6) is 0 Å². The third kappa shape index (κ3) is 3.74. The Hall–Kier alpha value is -2.14. The van der Waals surface area contributed by atoms with Gasteiger partial charge in [-0.05, 0) is 53.5 Å². The Balaban J connectivity index is 1.59. The molecule has 0 N–H and O–H groups in total. The molecule has 1 heterocycles. The molecular weight excluding hydrogens is 292 g/mol. The van der Waals surface area contributed by atoms with Gasteiger partial charge in [0.15, 0.2) is 0 Å². The molecule has 0 saturated heterocycles.